The molecule has 2 heterocycles. The number of fused-ring (bicyclic) bond motifs is 1. The number of nitrogens with zero attached hydrogens (tertiary/aromatic N) is 1. The van der Waals surface area contributed by atoms with Gasteiger partial charge in [-0.3, -0.25) is 4.79 Å². The molecule has 3 nitrogen and oxygen atoms in total. The monoisotopic (exact) mass is 286 g/mol. The number of anilines is 1. The Balaban J connectivity index is 1.77. The Hall–Kier alpha value is -1.81. The number of carbonyl (C=O) groups is 1. The minimum Gasteiger partial charge on any atom is -0.385 e. The number of para-hydroxylation sites is 1. The third-order valence-corrected chi connectivity index (χ3v) is 4.59. The standard InChI is InChI=1S/C16H18N2OS/c1-18(11-12-5-4-10-20-12)16(19)14-8-9-17-15-7-3-2-6-13(14)15/h2-7,10,14,17H,8-9,11H2,1H3. The summed E-state index contributed by atoms with van der Waals surface area (Å²) >= 11 is 1.69. The maximum Gasteiger partial charge on any atom is 0.230 e. The molecular formula is C16H18N2OS. The Morgan fingerprint density at radius 1 is 1.35 bits per heavy atom. The van der Waals surface area contributed by atoms with Crippen LogP contribution in [-0.2, 0) is 11.3 Å². The zero-order valence-corrected chi connectivity index (χ0v) is 12.3. The van der Waals surface area contributed by atoms with Gasteiger partial charge in [-0.25, -0.2) is 0 Å². The second kappa shape index (κ2) is 5.67. The lowest BCUT2D eigenvalue weighted by molar-refractivity contribution is -0.132. The Kier molecular flexibility index (Phi) is 3.74. The highest BCUT2D eigenvalue weighted by Crippen LogP contribution is 2.32. The van der Waals surface area contributed by atoms with Crippen LogP contribution in [0.3, 0.4) is 0 Å². The average molecular weight is 286 g/mol. The SMILES string of the molecule is CN(Cc1cccs1)C(=O)C1CCNc2ccccc21. The van der Waals surface area contributed by atoms with Gasteiger partial charge in [-0.05, 0) is 29.5 Å². The number of hydrogen-bond donors (Lipinski definition) is 1. The van der Waals surface area contributed by atoms with Crippen molar-refractivity contribution in [1.29, 1.82) is 0 Å². The maximum atomic E-state index is 12.7. The third-order valence-electron chi connectivity index (χ3n) is 3.73. The van der Waals surface area contributed by atoms with Gasteiger partial charge in [-0.15, -0.1) is 11.3 Å². The van der Waals surface area contributed by atoms with Gasteiger partial charge in [0.25, 0.3) is 0 Å². The van der Waals surface area contributed by atoms with Gasteiger partial charge in [-0.2, -0.15) is 0 Å². The molecule has 20 heavy (non-hydrogen) atoms. The molecule has 1 aromatic carbocycles. The lowest BCUT2D eigenvalue weighted by Gasteiger charge is -2.29. The summed E-state index contributed by atoms with van der Waals surface area (Å²) in [6.07, 6.45) is 0.866. The molecule has 1 unspecified atom stereocenters. The number of carbonyl (C=O) groups excluding carboxylic acids is 1. The van der Waals surface area contributed by atoms with Gasteiger partial charge in [0.1, 0.15) is 0 Å². The van der Waals surface area contributed by atoms with Crippen molar-refractivity contribution in [2.24, 2.45) is 0 Å². The minimum absolute atomic E-state index is 0.0163. The van der Waals surface area contributed by atoms with Crippen LogP contribution in [0.15, 0.2) is 41.8 Å². The van der Waals surface area contributed by atoms with Crippen LogP contribution in [0.2, 0.25) is 0 Å². The summed E-state index contributed by atoms with van der Waals surface area (Å²) in [5.41, 5.74) is 2.23. The fourth-order valence-electron chi connectivity index (χ4n) is 2.71. The highest BCUT2D eigenvalue weighted by Gasteiger charge is 2.28. The molecule has 1 aromatic heterocycles. The quantitative estimate of drug-likeness (QED) is 0.939. The van der Waals surface area contributed by atoms with E-state index in [9.17, 15) is 4.79 Å². The van der Waals surface area contributed by atoms with E-state index < -0.39 is 0 Å². The summed E-state index contributed by atoms with van der Waals surface area (Å²) in [5.74, 6) is 0.199. The van der Waals surface area contributed by atoms with Crippen molar-refractivity contribution in [2.45, 2.75) is 18.9 Å². The number of nitrogens with one attached hydrogen (secondary N) is 1. The van der Waals surface area contributed by atoms with E-state index in [0.717, 1.165) is 24.2 Å². The summed E-state index contributed by atoms with van der Waals surface area (Å²) < 4.78 is 0. The van der Waals surface area contributed by atoms with Gasteiger partial charge in [0.05, 0.1) is 12.5 Å². The van der Waals surface area contributed by atoms with Crippen LogP contribution in [0.1, 0.15) is 22.8 Å². The normalized spacial score (nSPS) is 17.1. The molecule has 0 fully saturated rings. The Morgan fingerprint density at radius 3 is 3.00 bits per heavy atom. The molecule has 0 bridgehead atoms. The van der Waals surface area contributed by atoms with Gasteiger partial charge < -0.3 is 10.2 Å². The van der Waals surface area contributed by atoms with E-state index in [2.05, 4.69) is 17.4 Å². The first-order valence-electron chi connectivity index (χ1n) is 6.86. The van der Waals surface area contributed by atoms with E-state index >= 15 is 0 Å². The molecule has 0 spiro atoms. The number of hydrogen-bond acceptors (Lipinski definition) is 3. The highest BCUT2D eigenvalue weighted by atomic mass is 32.1. The topological polar surface area (TPSA) is 32.3 Å². The summed E-state index contributed by atoms with van der Waals surface area (Å²) in [7, 11) is 1.90. The second-order valence-electron chi connectivity index (χ2n) is 5.13. The summed E-state index contributed by atoms with van der Waals surface area (Å²) in [6, 6.07) is 12.2. The van der Waals surface area contributed by atoms with Crippen LogP contribution < -0.4 is 5.32 Å². The zero-order chi connectivity index (χ0) is 13.9. The fourth-order valence-corrected chi connectivity index (χ4v) is 3.46. The number of rotatable bonds is 3. The van der Waals surface area contributed by atoms with Gasteiger partial charge in [0.15, 0.2) is 0 Å². The molecule has 4 heteroatoms. The summed E-state index contributed by atoms with van der Waals surface area (Å²) in [4.78, 5) is 15.8. The largest absolute Gasteiger partial charge is 0.385 e. The van der Waals surface area contributed by atoms with Crippen molar-refractivity contribution < 1.29 is 4.79 Å². The summed E-state index contributed by atoms with van der Waals surface area (Å²) in [5, 5.41) is 5.41. The van der Waals surface area contributed by atoms with E-state index in [1.54, 1.807) is 11.3 Å². The van der Waals surface area contributed by atoms with Crippen LogP contribution >= 0.6 is 11.3 Å². The minimum atomic E-state index is -0.0163. The molecule has 1 aliphatic rings. The average Bonchev–Trinajstić information content (AvgIpc) is 2.99. The van der Waals surface area contributed by atoms with Crippen molar-refractivity contribution in [2.75, 3.05) is 18.9 Å². The molecule has 0 aliphatic carbocycles. The van der Waals surface area contributed by atoms with E-state index in [-0.39, 0.29) is 11.8 Å². The van der Waals surface area contributed by atoms with Crippen molar-refractivity contribution in [3.05, 3.63) is 52.2 Å². The van der Waals surface area contributed by atoms with Gasteiger partial charge in [0, 0.05) is 24.2 Å². The highest BCUT2D eigenvalue weighted by molar-refractivity contribution is 7.09. The van der Waals surface area contributed by atoms with Crippen LogP contribution in [-0.4, -0.2) is 24.4 Å². The van der Waals surface area contributed by atoms with Crippen molar-refractivity contribution >= 4 is 22.9 Å². The van der Waals surface area contributed by atoms with Crippen LogP contribution in [0.5, 0.6) is 0 Å². The maximum absolute atomic E-state index is 12.7. The van der Waals surface area contributed by atoms with E-state index in [4.69, 9.17) is 0 Å². The predicted octanol–water partition coefficient (Wildman–Crippen LogP) is 3.31. The van der Waals surface area contributed by atoms with E-state index in [1.807, 2.05) is 41.6 Å². The smallest absolute Gasteiger partial charge is 0.230 e. The first-order chi connectivity index (χ1) is 9.75. The van der Waals surface area contributed by atoms with Crippen molar-refractivity contribution in [1.82, 2.24) is 4.90 Å². The van der Waals surface area contributed by atoms with Crippen LogP contribution in [0.4, 0.5) is 5.69 Å². The number of amides is 1. The Labute approximate surface area is 123 Å². The number of benzene rings is 1. The number of thiophene rings is 1. The fraction of sp³-hybridized carbons (Fsp3) is 0.312. The van der Waals surface area contributed by atoms with Crippen LogP contribution in [0.25, 0.3) is 0 Å². The van der Waals surface area contributed by atoms with Gasteiger partial charge >= 0.3 is 0 Å². The molecule has 0 saturated carbocycles. The molecule has 3 rings (SSSR count). The first-order valence-corrected chi connectivity index (χ1v) is 7.74. The first kappa shape index (κ1) is 13.2. The Morgan fingerprint density at radius 2 is 2.20 bits per heavy atom. The van der Waals surface area contributed by atoms with E-state index in [1.165, 1.54) is 4.88 Å². The molecule has 2 aromatic rings. The molecule has 0 radical (unpaired) electrons. The second-order valence-corrected chi connectivity index (χ2v) is 6.16. The molecule has 1 aliphatic heterocycles. The van der Waals surface area contributed by atoms with Crippen molar-refractivity contribution in [3.8, 4) is 0 Å². The summed E-state index contributed by atoms with van der Waals surface area (Å²) in [6.45, 7) is 1.56. The van der Waals surface area contributed by atoms with Crippen LogP contribution in [0, 0.1) is 0 Å². The predicted molar refractivity (Wildman–Crippen MR) is 83.1 cm³/mol. The third kappa shape index (κ3) is 2.56. The molecular weight excluding hydrogens is 268 g/mol. The zero-order valence-electron chi connectivity index (χ0n) is 11.5. The lowest BCUT2D eigenvalue weighted by atomic mass is 9.90. The van der Waals surface area contributed by atoms with Gasteiger partial charge in [-0.1, -0.05) is 24.3 Å². The lowest BCUT2D eigenvalue weighted by Crippen LogP contribution is -2.34. The van der Waals surface area contributed by atoms with Gasteiger partial charge in [0.2, 0.25) is 5.91 Å². The molecule has 1 N–H and O–H groups in total. The van der Waals surface area contributed by atoms with E-state index in [0.29, 0.717) is 6.54 Å². The molecule has 0 saturated heterocycles. The molecule has 104 valence electrons. The number of likely N-dealkylation sites (N-methyl/N-ethyl adjacent to an activating group) is 1. The molecule has 1 atom stereocenters. The Bertz CT molecular complexity index is 594. The van der Waals surface area contributed by atoms with Crippen molar-refractivity contribution in [3.63, 3.8) is 0 Å². The molecule has 1 amide bonds.